The van der Waals surface area contributed by atoms with Crippen LogP contribution < -0.4 is 5.32 Å². The van der Waals surface area contributed by atoms with Gasteiger partial charge in [-0.25, -0.2) is 8.42 Å². The van der Waals surface area contributed by atoms with Gasteiger partial charge in [0, 0.05) is 38.4 Å². The van der Waals surface area contributed by atoms with Gasteiger partial charge in [-0.1, -0.05) is 36.4 Å². The minimum atomic E-state index is -3.40. The summed E-state index contributed by atoms with van der Waals surface area (Å²) in [6.07, 6.45) is 4.50. The van der Waals surface area contributed by atoms with E-state index in [-0.39, 0.29) is 25.4 Å². The fourth-order valence-electron chi connectivity index (χ4n) is 2.17. The number of aromatic nitrogens is 1. The summed E-state index contributed by atoms with van der Waals surface area (Å²) in [4.78, 5) is 15.9. The van der Waals surface area contributed by atoms with E-state index in [1.807, 2.05) is 30.3 Å². The van der Waals surface area contributed by atoms with E-state index >= 15 is 0 Å². The van der Waals surface area contributed by atoms with E-state index in [2.05, 4.69) is 10.3 Å². The van der Waals surface area contributed by atoms with Crippen molar-refractivity contribution in [2.24, 2.45) is 0 Å². The molecule has 1 heterocycles. The highest BCUT2D eigenvalue weighted by molar-refractivity contribution is 7.88. The molecule has 0 atom stereocenters. The van der Waals surface area contributed by atoms with Gasteiger partial charge < -0.3 is 5.32 Å². The summed E-state index contributed by atoms with van der Waals surface area (Å²) in [5, 5.41) is 2.80. The van der Waals surface area contributed by atoms with Crippen LogP contribution in [0.5, 0.6) is 0 Å². The fourth-order valence-corrected chi connectivity index (χ4v) is 2.98. The second kappa shape index (κ2) is 8.56. The van der Waals surface area contributed by atoms with E-state index in [0.29, 0.717) is 6.54 Å². The lowest BCUT2D eigenvalue weighted by Gasteiger charge is -2.19. The minimum absolute atomic E-state index is 0.111. The van der Waals surface area contributed by atoms with Crippen molar-refractivity contribution in [2.45, 2.75) is 19.5 Å². The van der Waals surface area contributed by atoms with E-state index in [9.17, 15) is 13.2 Å². The Morgan fingerprint density at radius 1 is 1.12 bits per heavy atom. The van der Waals surface area contributed by atoms with Crippen molar-refractivity contribution in [1.82, 2.24) is 14.6 Å². The maximum absolute atomic E-state index is 12.0. The number of sulfonamides is 1. The Kier molecular flexibility index (Phi) is 6.45. The molecular formula is C17H21N3O3S. The molecule has 0 unspecified atom stereocenters. The molecule has 0 aliphatic heterocycles. The number of nitrogens with zero attached hydrogens (tertiary/aromatic N) is 2. The van der Waals surface area contributed by atoms with Gasteiger partial charge in [0.25, 0.3) is 0 Å². The quantitative estimate of drug-likeness (QED) is 0.786. The van der Waals surface area contributed by atoms with E-state index in [1.54, 1.807) is 24.5 Å². The average Bonchev–Trinajstić information content (AvgIpc) is 2.57. The first-order valence-electron chi connectivity index (χ1n) is 7.60. The number of pyridine rings is 1. The summed E-state index contributed by atoms with van der Waals surface area (Å²) in [5.74, 6) is -0.182. The third kappa shape index (κ3) is 6.10. The van der Waals surface area contributed by atoms with Gasteiger partial charge in [0.05, 0.1) is 6.26 Å². The van der Waals surface area contributed by atoms with Crippen LogP contribution in [-0.4, -0.2) is 36.4 Å². The second-order valence-electron chi connectivity index (χ2n) is 5.47. The van der Waals surface area contributed by atoms with E-state index in [4.69, 9.17) is 0 Å². The van der Waals surface area contributed by atoms with E-state index in [1.165, 1.54) is 4.31 Å². The van der Waals surface area contributed by atoms with Crippen molar-refractivity contribution in [3.63, 3.8) is 0 Å². The minimum Gasteiger partial charge on any atom is -0.352 e. The standard InChI is InChI=1S/C17H21N3O3S/c1-24(22,23)20(14-16-8-5-10-18-12-16)11-9-17(21)19-13-15-6-3-2-4-7-15/h2-8,10,12H,9,11,13-14H2,1H3,(H,19,21). The van der Waals surface area contributed by atoms with Crippen LogP contribution in [-0.2, 0) is 27.9 Å². The topological polar surface area (TPSA) is 79.4 Å². The Hall–Kier alpha value is -2.25. The SMILES string of the molecule is CS(=O)(=O)N(CCC(=O)NCc1ccccc1)Cc1cccnc1. The fraction of sp³-hybridized carbons (Fsp3) is 0.294. The van der Waals surface area contributed by atoms with Gasteiger partial charge in [-0.3, -0.25) is 9.78 Å². The highest BCUT2D eigenvalue weighted by Crippen LogP contribution is 2.08. The van der Waals surface area contributed by atoms with Crippen molar-refractivity contribution < 1.29 is 13.2 Å². The van der Waals surface area contributed by atoms with Crippen molar-refractivity contribution in [2.75, 3.05) is 12.8 Å². The molecule has 0 saturated heterocycles. The highest BCUT2D eigenvalue weighted by atomic mass is 32.2. The van der Waals surface area contributed by atoms with Gasteiger partial charge in [0.1, 0.15) is 0 Å². The number of amides is 1. The molecule has 2 rings (SSSR count). The Bertz CT molecular complexity index is 749. The molecule has 7 heteroatoms. The van der Waals surface area contributed by atoms with Crippen LogP contribution in [0, 0.1) is 0 Å². The molecule has 0 radical (unpaired) electrons. The molecule has 0 aliphatic carbocycles. The number of nitrogens with one attached hydrogen (secondary N) is 1. The zero-order valence-corrected chi connectivity index (χ0v) is 14.4. The molecule has 6 nitrogen and oxygen atoms in total. The Labute approximate surface area is 142 Å². The number of hydrogen-bond acceptors (Lipinski definition) is 4. The van der Waals surface area contributed by atoms with Crippen LogP contribution in [0.25, 0.3) is 0 Å². The maximum Gasteiger partial charge on any atom is 0.221 e. The number of benzene rings is 1. The molecule has 1 amide bonds. The molecule has 0 fully saturated rings. The number of carbonyl (C=O) groups excluding carboxylic acids is 1. The number of hydrogen-bond donors (Lipinski definition) is 1. The first-order chi connectivity index (χ1) is 11.4. The van der Waals surface area contributed by atoms with Crippen molar-refractivity contribution in [3.05, 3.63) is 66.0 Å². The molecular weight excluding hydrogens is 326 g/mol. The monoisotopic (exact) mass is 347 g/mol. The molecule has 0 spiro atoms. The lowest BCUT2D eigenvalue weighted by molar-refractivity contribution is -0.121. The summed E-state index contributed by atoms with van der Waals surface area (Å²) >= 11 is 0. The lowest BCUT2D eigenvalue weighted by Crippen LogP contribution is -2.34. The summed E-state index contributed by atoms with van der Waals surface area (Å²) in [7, 11) is -3.40. The smallest absolute Gasteiger partial charge is 0.221 e. The highest BCUT2D eigenvalue weighted by Gasteiger charge is 2.18. The molecule has 1 aromatic carbocycles. The maximum atomic E-state index is 12.0. The number of carbonyl (C=O) groups is 1. The zero-order chi connectivity index (χ0) is 17.4. The van der Waals surface area contributed by atoms with Crippen LogP contribution in [0.4, 0.5) is 0 Å². The second-order valence-corrected chi connectivity index (χ2v) is 7.45. The van der Waals surface area contributed by atoms with Crippen LogP contribution in [0.2, 0.25) is 0 Å². The summed E-state index contributed by atoms with van der Waals surface area (Å²) in [6.45, 7) is 0.772. The molecule has 0 bridgehead atoms. The van der Waals surface area contributed by atoms with Gasteiger partial charge in [0.2, 0.25) is 15.9 Å². The number of rotatable bonds is 8. The van der Waals surface area contributed by atoms with Crippen molar-refractivity contribution in [1.29, 1.82) is 0 Å². The van der Waals surface area contributed by atoms with Gasteiger partial charge in [-0.2, -0.15) is 4.31 Å². The largest absolute Gasteiger partial charge is 0.352 e. The summed E-state index contributed by atoms with van der Waals surface area (Å²) < 4.78 is 25.1. The zero-order valence-electron chi connectivity index (χ0n) is 13.6. The van der Waals surface area contributed by atoms with Crippen LogP contribution >= 0.6 is 0 Å². The molecule has 24 heavy (non-hydrogen) atoms. The molecule has 0 saturated carbocycles. The van der Waals surface area contributed by atoms with E-state index < -0.39 is 10.0 Å². The van der Waals surface area contributed by atoms with Crippen LogP contribution in [0.15, 0.2) is 54.9 Å². The predicted octanol–water partition coefficient (Wildman–Crippen LogP) is 1.55. The van der Waals surface area contributed by atoms with E-state index in [0.717, 1.165) is 17.4 Å². The first-order valence-corrected chi connectivity index (χ1v) is 9.44. The summed E-state index contributed by atoms with van der Waals surface area (Å²) in [6, 6.07) is 13.1. The van der Waals surface area contributed by atoms with Gasteiger partial charge in [-0.15, -0.1) is 0 Å². The van der Waals surface area contributed by atoms with Gasteiger partial charge >= 0.3 is 0 Å². The van der Waals surface area contributed by atoms with Crippen LogP contribution in [0.3, 0.4) is 0 Å². The van der Waals surface area contributed by atoms with Gasteiger partial charge in [0.15, 0.2) is 0 Å². The third-order valence-corrected chi connectivity index (χ3v) is 4.72. The van der Waals surface area contributed by atoms with Crippen molar-refractivity contribution >= 4 is 15.9 Å². The van der Waals surface area contributed by atoms with Gasteiger partial charge in [-0.05, 0) is 17.2 Å². The third-order valence-electron chi connectivity index (χ3n) is 3.47. The average molecular weight is 347 g/mol. The van der Waals surface area contributed by atoms with Crippen molar-refractivity contribution in [3.8, 4) is 0 Å². The normalized spacial score (nSPS) is 11.4. The molecule has 2 aromatic rings. The molecule has 1 aromatic heterocycles. The lowest BCUT2D eigenvalue weighted by atomic mass is 10.2. The molecule has 1 N–H and O–H groups in total. The molecule has 128 valence electrons. The molecule has 0 aliphatic rings. The van der Waals surface area contributed by atoms with Crippen LogP contribution in [0.1, 0.15) is 17.5 Å². The Morgan fingerprint density at radius 2 is 1.83 bits per heavy atom. The summed E-state index contributed by atoms with van der Waals surface area (Å²) in [5.41, 5.74) is 1.79. The Balaban J connectivity index is 1.87. The predicted molar refractivity (Wildman–Crippen MR) is 92.4 cm³/mol. The Morgan fingerprint density at radius 3 is 2.46 bits per heavy atom. The first kappa shape index (κ1) is 18.1.